The van der Waals surface area contributed by atoms with Gasteiger partial charge in [0.15, 0.2) is 11.6 Å². The van der Waals surface area contributed by atoms with Crippen LogP contribution < -0.4 is 0 Å². The Morgan fingerprint density at radius 3 is 0.900 bits per heavy atom. The van der Waals surface area contributed by atoms with Crippen molar-refractivity contribution in [3.05, 3.63) is 226 Å². The minimum Gasteiger partial charge on any atom is -0.289 e. The highest BCUT2D eigenvalue weighted by Gasteiger charge is 2.44. The van der Waals surface area contributed by atoms with Gasteiger partial charge >= 0.3 is 0 Å². The zero-order valence-corrected chi connectivity index (χ0v) is 48.3. The molecule has 0 heterocycles. The van der Waals surface area contributed by atoms with Gasteiger partial charge in [0.05, 0.1) is 0 Å². The molecule has 2 aliphatic rings. The summed E-state index contributed by atoms with van der Waals surface area (Å²) < 4.78 is 0. The van der Waals surface area contributed by atoms with Crippen LogP contribution in [0.3, 0.4) is 0 Å². The van der Waals surface area contributed by atoms with E-state index in [9.17, 15) is 9.59 Å². The Balaban J connectivity index is 0.897. The van der Waals surface area contributed by atoms with E-state index in [0.29, 0.717) is 11.1 Å². The number of hydrogen-bond donors (Lipinski definition) is 0. The Morgan fingerprint density at radius 2 is 0.575 bits per heavy atom. The number of unbranched alkanes of at least 4 members (excludes halogenated alkanes) is 12. The lowest BCUT2D eigenvalue weighted by molar-refractivity contribution is 0.103. The molecule has 0 N–H and O–H groups in total. The molecule has 0 atom stereocenters. The second kappa shape index (κ2) is 24.7. The summed E-state index contributed by atoms with van der Waals surface area (Å²) in [6.45, 7) is 9.16. The fourth-order valence-electron chi connectivity index (χ4n) is 14.6. The zero-order chi connectivity index (χ0) is 55.1. The average Bonchev–Trinajstić information content (AvgIpc) is 3.98. The zero-order valence-electron chi connectivity index (χ0n) is 48.3. The summed E-state index contributed by atoms with van der Waals surface area (Å²) in [5.41, 5.74) is 18.1. The number of fused-ring (bicyclic) bond motifs is 8. The van der Waals surface area contributed by atoms with Crippen LogP contribution in [0, 0.1) is 0 Å². The van der Waals surface area contributed by atoms with E-state index in [1.165, 1.54) is 147 Å². The van der Waals surface area contributed by atoms with Gasteiger partial charge in [0.1, 0.15) is 0 Å². The van der Waals surface area contributed by atoms with Crippen molar-refractivity contribution in [2.75, 3.05) is 0 Å². The molecule has 0 saturated heterocycles. The van der Waals surface area contributed by atoms with Crippen LogP contribution in [0.1, 0.15) is 210 Å². The topological polar surface area (TPSA) is 34.1 Å². The van der Waals surface area contributed by atoms with Gasteiger partial charge in [-0.1, -0.05) is 300 Å². The average molecular weight is 1050 g/mol. The van der Waals surface area contributed by atoms with Crippen molar-refractivity contribution >= 4 is 33.1 Å². The first-order chi connectivity index (χ1) is 39.4. The molecular formula is C78H82O2. The van der Waals surface area contributed by atoms with Crippen LogP contribution in [-0.2, 0) is 10.8 Å². The Hall–Kier alpha value is -7.16. The lowest BCUT2D eigenvalue weighted by Crippen LogP contribution is -2.26. The Bertz CT molecular complexity index is 3330. The van der Waals surface area contributed by atoms with Crippen LogP contribution in [-0.4, -0.2) is 11.6 Å². The summed E-state index contributed by atoms with van der Waals surface area (Å²) in [6.07, 6.45) is 24.1. The first kappa shape index (κ1) is 54.8. The predicted molar refractivity (Wildman–Crippen MR) is 340 cm³/mol. The van der Waals surface area contributed by atoms with Gasteiger partial charge < -0.3 is 0 Å². The fourth-order valence-corrected chi connectivity index (χ4v) is 14.6. The van der Waals surface area contributed by atoms with E-state index in [2.05, 4.69) is 185 Å². The lowest BCUT2D eigenvalue weighted by atomic mass is 9.70. The summed E-state index contributed by atoms with van der Waals surface area (Å²) in [5.74, 6) is 0.136. The highest BCUT2D eigenvalue weighted by atomic mass is 16.1. The smallest absolute Gasteiger partial charge is 0.193 e. The SMILES string of the molecule is CCCCCCC1(CCCCCC)c2ccccc2-c2ccc(C(=O)c3ccc(-c4c5ccccc5c(-c5ccc(C(=O)c6ccc7c(c6)C(CCCCCC)(CCCCCC)c6ccccc6-7)cc5)c5ccccc45)cc3)cc21. The van der Waals surface area contributed by atoms with E-state index in [1.54, 1.807) is 0 Å². The molecule has 0 spiro atoms. The molecule has 2 aliphatic carbocycles. The molecular weight excluding hydrogens is 969 g/mol. The van der Waals surface area contributed by atoms with Crippen molar-refractivity contribution in [3.63, 3.8) is 0 Å². The predicted octanol–water partition coefficient (Wildman–Crippen LogP) is 22.2. The van der Waals surface area contributed by atoms with Crippen molar-refractivity contribution in [1.29, 1.82) is 0 Å². The molecule has 2 nitrogen and oxygen atoms in total. The van der Waals surface area contributed by atoms with Gasteiger partial charge in [-0.3, -0.25) is 9.59 Å². The molecule has 0 bridgehead atoms. The molecule has 9 aromatic rings. The second-order valence-corrected chi connectivity index (χ2v) is 23.7. The third-order valence-electron chi connectivity index (χ3n) is 18.7. The van der Waals surface area contributed by atoms with Gasteiger partial charge in [0, 0.05) is 33.1 Å². The molecule has 0 saturated carbocycles. The number of carbonyl (C=O) groups excluding carboxylic acids is 2. The molecule has 0 fully saturated rings. The maximum absolute atomic E-state index is 14.7. The number of ketones is 2. The molecule has 11 rings (SSSR count). The normalized spacial score (nSPS) is 13.6. The monoisotopic (exact) mass is 1050 g/mol. The van der Waals surface area contributed by atoms with Crippen molar-refractivity contribution < 1.29 is 9.59 Å². The van der Waals surface area contributed by atoms with Crippen molar-refractivity contribution in [2.24, 2.45) is 0 Å². The highest BCUT2D eigenvalue weighted by molar-refractivity contribution is 6.22. The van der Waals surface area contributed by atoms with Gasteiger partial charge in [-0.05, 0) is 126 Å². The molecule has 0 aliphatic heterocycles. The molecule has 0 radical (unpaired) electrons. The number of carbonyl (C=O) groups is 2. The first-order valence-corrected chi connectivity index (χ1v) is 31.1. The fraction of sp³-hybridized carbons (Fsp3) is 0.333. The van der Waals surface area contributed by atoms with E-state index in [0.717, 1.165) is 80.6 Å². The molecule has 0 aromatic heterocycles. The van der Waals surface area contributed by atoms with E-state index >= 15 is 0 Å². The Labute approximate surface area is 478 Å². The maximum atomic E-state index is 14.7. The summed E-state index contributed by atoms with van der Waals surface area (Å²) in [7, 11) is 0. The van der Waals surface area contributed by atoms with E-state index < -0.39 is 0 Å². The molecule has 0 unspecified atom stereocenters. The van der Waals surface area contributed by atoms with Gasteiger partial charge in [-0.25, -0.2) is 0 Å². The molecule has 0 amide bonds. The van der Waals surface area contributed by atoms with Crippen molar-refractivity contribution in [3.8, 4) is 44.5 Å². The number of benzene rings is 9. The first-order valence-electron chi connectivity index (χ1n) is 31.1. The Kier molecular flexibility index (Phi) is 16.9. The van der Waals surface area contributed by atoms with Crippen LogP contribution in [0.5, 0.6) is 0 Å². The standard InChI is InChI=1S/C78H82O2/c1-5-9-13-25-49-77(50-26-14-10-6-2)69-35-23-21-29-61(69)63-47-45-59(53-71(63)77)75(79)57-41-37-55(38-42-57)73-65-31-17-19-33-67(65)74(68-34-20-18-32-66(68)73)56-39-43-58(44-40-56)76(80)60-46-48-64-62-30-22-24-36-70(62)78(72(64)54-60,51-27-15-11-7-3)52-28-16-12-8-4/h17-24,29-48,53-54H,5-16,25-28,49-52H2,1-4H3. The van der Waals surface area contributed by atoms with Crippen LogP contribution in [0.4, 0.5) is 0 Å². The van der Waals surface area contributed by atoms with Crippen LogP contribution in [0.25, 0.3) is 66.1 Å². The largest absolute Gasteiger partial charge is 0.289 e. The molecule has 80 heavy (non-hydrogen) atoms. The van der Waals surface area contributed by atoms with Gasteiger partial charge in [0.2, 0.25) is 0 Å². The highest BCUT2D eigenvalue weighted by Crippen LogP contribution is 2.56. The molecule has 406 valence electrons. The van der Waals surface area contributed by atoms with Crippen LogP contribution in [0.15, 0.2) is 182 Å². The minimum atomic E-state index is -0.0771. The van der Waals surface area contributed by atoms with Crippen LogP contribution >= 0.6 is 0 Å². The van der Waals surface area contributed by atoms with Crippen LogP contribution in [0.2, 0.25) is 0 Å². The maximum Gasteiger partial charge on any atom is 0.193 e. The van der Waals surface area contributed by atoms with Gasteiger partial charge in [-0.2, -0.15) is 0 Å². The molecule has 9 aromatic carbocycles. The minimum absolute atomic E-state index is 0.0682. The van der Waals surface area contributed by atoms with Gasteiger partial charge in [0.25, 0.3) is 0 Å². The third kappa shape index (κ3) is 10.3. The number of rotatable bonds is 26. The summed E-state index contributed by atoms with van der Waals surface area (Å²) >= 11 is 0. The Morgan fingerprint density at radius 1 is 0.287 bits per heavy atom. The quantitative estimate of drug-likeness (QED) is 0.0308. The van der Waals surface area contributed by atoms with E-state index in [1.807, 2.05) is 24.3 Å². The lowest BCUT2D eigenvalue weighted by Gasteiger charge is -2.33. The summed E-state index contributed by atoms with van der Waals surface area (Å²) in [5, 5.41) is 4.61. The van der Waals surface area contributed by atoms with Crippen molar-refractivity contribution in [1.82, 2.24) is 0 Å². The van der Waals surface area contributed by atoms with Gasteiger partial charge in [-0.15, -0.1) is 0 Å². The summed E-state index contributed by atoms with van der Waals surface area (Å²) in [6, 6.07) is 65.5. The second-order valence-electron chi connectivity index (χ2n) is 23.7. The van der Waals surface area contributed by atoms with E-state index in [-0.39, 0.29) is 22.4 Å². The number of hydrogen-bond acceptors (Lipinski definition) is 2. The van der Waals surface area contributed by atoms with E-state index in [4.69, 9.17) is 0 Å². The summed E-state index contributed by atoms with van der Waals surface area (Å²) in [4.78, 5) is 29.5. The third-order valence-corrected chi connectivity index (χ3v) is 18.7. The molecule has 2 heteroatoms. The van der Waals surface area contributed by atoms with Crippen molar-refractivity contribution in [2.45, 2.75) is 167 Å².